The Labute approximate surface area is 329 Å². The maximum absolute atomic E-state index is 5.42. The molecule has 4 heteroatoms. The molecule has 0 amide bonds. The Morgan fingerprint density at radius 3 is 2.12 bits per heavy atom. The highest BCUT2D eigenvalue weighted by atomic mass is 15.0. The van der Waals surface area contributed by atoms with Crippen molar-refractivity contribution in [3.63, 3.8) is 0 Å². The van der Waals surface area contributed by atoms with E-state index < -0.39 is 0 Å². The van der Waals surface area contributed by atoms with Gasteiger partial charge in [-0.25, -0.2) is 9.97 Å². The zero-order valence-electron chi connectivity index (χ0n) is 31.6. The molecule has 0 aliphatic heterocycles. The van der Waals surface area contributed by atoms with Crippen LogP contribution in [-0.2, 0) is 5.41 Å². The molecule has 0 fully saturated rings. The average molecular weight is 729 g/mol. The first-order chi connectivity index (χ1) is 28.0. The van der Waals surface area contributed by atoms with Crippen LogP contribution < -0.4 is 0 Å². The molecule has 3 heterocycles. The van der Waals surface area contributed by atoms with Crippen molar-refractivity contribution in [3.05, 3.63) is 193 Å². The lowest BCUT2D eigenvalue weighted by atomic mass is 9.82. The molecular weight excluding hydrogens is 693 g/mol. The molecule has 11 aromatic rings. The van der Waals surface area contributed by atoms with Gasteiger partial charge in [-0.3, -0.25) is 0 Å². The second kappa shape index (κ2) is 11.8. The summed E-state index contributed by atoms with van der Waals surface area (Å²) < 4.78 is 4.72. The number of hydrogen-bond donors (Lipinski definition) is 0. The first kappa shape index (κ1) is 32.0. The molecule has 57 heavy (non-hydrogen) atoms. The Morgan fingerprint density at radius 1 is 0.456 bits per heavy atom. The van der Waals surface area contributed by atoms with Gasteiger partial charge in [0, 0.05) is 55.7 Å². The summed E-state index contributed by atoms with van der Waals surface area (Å²) in [5, 5.41) is 7.05. The standard InChI is InChI=1S/C53H36N4/c1-53(2)45-18-10-8-16-39(45)40-24-21-35(32-46(40)53)50-42-17-9-11-19-47(42)54-52(55-50)36-22-26-49-44(31-36)41-25-27-48-43(28-29-56(48)37-14-4-3-5-15-37)51(41)57(49)38-23-20-33-12-6-7-13-34(33)30-38/h3-32H,1-2H3. The lowest BCUT2D eigenvalue weighted by Gasteiger charge is -2.22. The smallest absolute Gasteiger partial charge is 0.160 e. The van der Waals surface area contributed by atoms with Gasteiger partial charge in [0.25, 0.3) is 0 Å². The monoisotopic (exact) mass is 728 g/mol. The van der Waals surface area contributed by atoms with Gasteiger partial charge in [0.15, 0.2) is 5.82 Å². The lowest BCUT2D eigenvalue weighted by molar-refractivity contribution is 0.660. The second-order valence-electron chi connectivity index (χ2n) is 15.9. The fourth-order valence-corrected chi connectivity index (χ4v) is 9.54. The van der Waals surface area contributed by atoms with E-state index in [4.69, 9.17) is 9.97 Å². The minimum atomic E-state index is -0.106. The maximum atomic E-state index is 5.42. The van der Waals surface area contributed by atoms with Gasteiger partial charge in [0.05, 0.1) is 27.8 Å². The van der Waals surface area contributed by atoms with Crippen LogP contribution in [0.25, 0.3) is 99.5 Å². The fourth-order valence-electron chi connectivity index (χ4n) is 9.54. The number of hydrogen-bond acceptors (Lipinski definition) is 2. The Hall–Kier alpha value is -7.30. The van der Waals surface area contributed by atoms with E-state index in [1.54, 1.807) is 0 Å². The Kier molecular flexibility index (Phi) is 6.65. The third kappa shape index (κ3) is 4.68. The zero-order chi connectivity index (χ0) is 37.8. The van der Waals surface area contributed by atoms with Crippen molar-refractivity contribution < 1.29 is 0 Å². The number of rotatable bonds is 4. The van der Waals surface area contributed by atoms with Gasteiger partial charge in [-0.1, -0.05) is 123 Å². The number of benzene rings is 8. The molecule has 0 N–H and O–H groups in total. The molecule has 4 nitrogen and oxygen atoms in total. The highest BCUT2D eigenvalue weighted by Gasteiger charge is 2.35. The third-order valence-corrected chi connectivity index (χ3v) is 12.3. The van der Waals surface area contributed by atoms with Crippen LogP contribution in [0.4, 0.5) is 0 Å². The normalized spacial score (nSPS) is 13.2. The molecule has 0 bridgehead atoms. The SMILES string of the molecule is CC1(C)c2ccccc2-c2ccc(-c3nc(-c4ccc5c(c4)c4ccc6c(ccn6-c6ccccc6)c4n5-c4ccc5ccccc5c4)nc4ccccc34)cc21. The lowest BCUT2D eigenvalue weighted by Crippen LogP contribution is -2.14. The summed E-state index contributed by atoms with van der Waals surface area (Å²) in [6.07, 6.45) is 2.19. The van der Waals surface area contributed by atoms with E-state index in [1.165, 1.54) is 60.2 Å². The van der Waals surface area contributed by atoms with Crippen LogP contribution in [0.5, 0.6) is 0 Å². The average Bonchev–Trinajstić information content (AvgIpc) is 3.91. The van der Waals surface area contributed by atoms with Gasteiger partial charge in [0.2, 0.25) is 0 Å². The van der Waals surface area contributed by atoms with E-state index in [9.17, 15) is 0 Å². The zero-order valence-corrected chi connectivity index (χ0v) is 31.6. The number of nitrogens with zero attached hydrogens (tertiary/aromatic N) is 4. The van der Waals surface area contributed by atoms with Crippen LogP contribution in [0, 0.1) is 0 Å². The van der Waals surface area contributed by atoms with Gasteiger partial charge in [-0.05, 0) is 99.8 Å². The number of aromatic nitrogens is 4. The molecule has 0 saturated heterocycles. The van der Waals surface area contributed by atoms with Crippen molar-refractivity contribution >= 4 is 54.4 Å². The molecule has 1 aliphatic rings. The van der Waals surface area contributed by atoms with Crippen molar-refractivity contribution in [1.29, 1.82) is 0 Å². The summed E-state index contributed by atoms with van der Waals surface area (Å²) >= 11 is 0. The summed E-state index contributed by atoms with van der Waals surface area (Å²) in [5.41, 5.74) is 15.0. The first-order valence-corrected chi connectivity index (χ1v) is 19.7. The third-order valence-electron chi connectivity index (χ3n) is 12.3. The Bertz CT molecular complexity index is 3440. The Morgan fingerprint density at radius 2 is 1.21 bits per heavy atom. The van der Waals surface area contributed by atoms with E-state index in [1.807, 2.05) is 0 Å². The maximum Gasteiger partial charge on any atom is 0.160 e. The quantitative estimate of drug-likeness (QED) is 0.181. The van der Waals surface area contributed by atoms with Crippen molar-refractivity contribution in [3.8, 4) is 45.1 Å². The van der Waals surface area contributed by atoms with Crippen LogP contribution in [0.3, 0.4) is 0 Å². The number of para-hydroxylation sites is 2. The van der Waals surface area contributed by atoms with Crippen molar-refractivity contribution in [2.75, 3.05) is 0 Å². The minimum Gasteiger partial charge on any atom is -0.316 e. The van der Waals surface area contributed by atoms with Gasteiger partial charge in [-0.15, -0.1) is 0 Å². The molecule has 3 aromatic heterocycles. The molecule has 0 radical (unpaired) electrons. The van der Waals surface area contributed by atoms with Crippen LogP contribution in [0.15, 0.2) is 182 Å². The van der Waals surface area contributed by atoms with Crippen LogP contribution in [0.1, 0.15) is 25.0 Å². The first-order valence-electron chi connectivity index (χ1n) is 19.7. The van der Waals surface area contributed by atoms with E-state index in [2.05, 4.69) is 205 Å². The fraction of sp³-hybridized carbons (Fsp3) is 0.0566. The summed E-state index contributed by atoms with van der Waals surface area (Å²) in [7, 11) is 0. The predicted octanol–water partition coefficient (Wildman–Crippen LogP) is 13.5. The highest BCUT2D eigenvalue weighted by Crippen LogP contribution is 2.50. The summed E-state index contributed by atoms with van der Waals surface area (Å²) in [5.74, 6) is 0.719. The van der Waals surface area contributed by atoms with Gasteiger partial charge in [-0.2, -0.15) is 0 Å². The van der Waals surface area contributed by atoms with Crippen LogP contribution in [-0.4, -0.2) is 19.1 Å². The predicted molar refractivity (Wildman–Crippen MR) is 237 cm³/mol. The summed E-state index contributed by atoms with van der Waals surface area (Å²) in [6.45, 7) is 4.66. The van der Waals surface area contributed by atoms with Crippen molar-refractivity contribution in [2.45, 2.75) is 19.3 Å². The molecule has 0 atom stereocenters. The Balaban J connectivity index is 1.08. The number of fused-ring (bicyclic) bond motifs is 10. The summed E-state index contributed by atoms with van der Waals surface area (Å²) in [4.78, 5) is 10.6. The minimum absolute atomic E-state index is 0.106. The largest absolute Gasteiger partial charge is 0.316 e. The van der Waals surface area contributed by atoms with E-state index in [0.29, 0.717) is 0 Å². The highest BCUT2D eigenvalue weighted by molar-refractivity contribution is 6.19. The van der Waals surface area contributed by atoms with Crippen molar-refractivity contribution in [2.24, 2.45) is 0 Å². The van der Waals surface area contributed by atoms with E-state index >= 15 is 0 Å². The molecule has 1 aliphatic carbocycles. The van der Waals surface area contributed by atoms with Crippen molar-refractivity contribution in [1.82, 2.24) is 19.1 Å². The molecular formula is C53H36N4. The second-order valence-corrected chi connectivity index (χ2v) is 15.9. The molecule has 0 saturated carbocycles. The van der Waals surface area contributed by atoms with Crippen LogP contribution in [0.2, 0.25) is 0 Å². The van der Waals surface area contributed by atoms with Gasteiger partial charge in [0.1, 0.15) is 0 Å². The molecule has 8 aromatic carbocycles. The van der Waals surface area contributed by atoms with Crippen LogP contribution >= 0.6 is 0 Å². The molecule has 268 valence electrons. The summed E-state index contributed by atoms with van der Waals surface area (Å²) in [6, 6.07) is 63.6. The topological polar surface area (TPSA) is 35.6 Å². The van der Waals surface area contributed by atoms with E-state index in [0.717, 1.165) is 50.4 Å². The van der Waals surface area contributed by atoms with Gasteiger partial charge >= 0.3 is 0 Å². The van der Waals surface area contributed by atoms with E-state index in [-0.39, 0.29) is 5.41 Å². The van der Waals surface area contributed by atoms with Gasteiger partial charge < -0.3 is 9.13 Å². The molecule has 0 unspecified atom stereocenters. The molecule has 0 spiro atoms. The molecule has 12 rings (SSSR count).